The van der Waals surface area contributed by atoms with Gasteiger partial charge in [-0.1, -0.05) is 66.7 Å². The number of ether oxygens (including phenoxy) is 2. The Morgan fingerprint density at radius 1 is 1.07 bits per heavy atom. The average Bonchev–Trinajstić information content (AvgIpc) is 3.41. The van der Waals surface area contributed by atoms with Crippen LogP contribution in [0.25, 0.3) is 0 Å². The monoisotopic (exact) mass is 593 g/mol. The van der Waals surface area contributed by atoms with Gasteiger partial charge >= 0.3 is 6.03 Å². The number of carbonyl (C=O) groups excluding carboxylic acids is 1. The van der Waals surface area contributed by atoms with Crippen molar-refractivity contribution in [2.24, 2.45) is 10.9 Å². The quantitative estimate of drug-likeness (QED) is 0.191. The molecule has 0 saturated carbocycles. The number of aliphatic imine (C=N–C) groups is 1. The predicted molar refractivity (Wildman–Crippen MR) is 177 cm³/mol. The third-order valence-corrected chi connectivity index (χ3v) is 8.63. The zero-order chi connectivity index (χ0) is 30.9. The summed E-state index contributed by atoms with van der Waals surface area (Å²) in [7, 11) is 3.56. The zero-order valence-electron chi connectivity index (χ0n) is 25.8. The second-order valence-corrected chi connectivity index (χ2v) is 11.4. The number of urea groups is 1. The Morgan fingerprint density at radius 2 is 1.80 bits per heavy atom. The number of amides is 2. The van der Waals surface area contributed by atoms with Gasteiger partial charge in [-0.2, -0.15) is 0 Å². The van der Waals surface area contributed by atoms with Crippen molar-refractivity contribution in [2.45, 2.75) is 44.3 Å². The molecular formula is C36H43N5O3. The lowest BCUT2D eigenvalue weighted by atomic mass is 9.89. The molecule has 0 aliphatic carbocycles. The Morgan fingerprint density at radius 3 is 2.48 bits per heavy atom. The number of nitrogens with zero attached hydrogens (tertiary/aromatic N) is 1. The number of anilines is 1. The number of nitrogens with one attached hydrogen (secondary N) is 4. The van der Waals surface area contributed by atoms with E-state index in [1.165, 1.54) is 6.21 Å². The van der Waals surface area contributed by atoms with Crippen molar-refractivity contribution in [2.75, 3.05) is 39.2 Å². The highest BCUT2D eigenvalue weighted by Crippen LogP contribution is 2.39. The van der Waals surface area contributed by atoms with Crippen molar-refractivity contribution in [3.05, 3.63) is 112 Å². The normalized spacial score (nSPS) is 21.8. The molecule has 1 saturated heterocycles. The maximum Gasteiger partial charge on any atom is 0.319 e. The Labute approximate surface area is 260 Å². The molecular weight excluding hydrogens is 550 g/mol. The van der Waals surface area contributed by atoms with E-state index in [-0.39, 0.29) is 30.1 Å². The van der Waals surface area contributed by atoms with Crippen molar-refractivity contribution in [3.8, 4) is 0 Å². The third kappa shape index (κ3) is 7.26. The first-order valence-electron chi connectivity index (χ1n) is 15.4. The molecule has 1 fully saturated rings. The summed E-state index contributed by atoms with van der Waals surface area (Å²) in [5.41, 5.74) is 7.45. The lowest BCUT2D eigenvalue weighted by Gasteiger charge is -2.24. The molecule has 2 unspecified atom stereocenters. The SMILES string of the molecule is CNc1ccc(C2=NCCC(c3ccccc3)C(NC(=O)NC[C@@H]3CC(CCOC)O[C@H]3c3ccccc3)=C2C)cc1C=N. The van der Waals surface area contributed by atoms with Gasteiger partial charge in [-0.3, -0.25) is 4.99 Å². The number of hydrogen-bond donors (Lipinski definition) is 4. The van der Waals surface area contributed by atoms with Gasteiger partial charge < -0.3 is 30.8 Å². The Balaban J connectivity index is 1.39. The molecule has 3 aromatic carbocycles. The van der Waals surface area contributed by atoms with Gasteiger partial charge in [0, 0.05) is 74.4 Å². The van der Waals surface area contributed by atoms with Crippen molar-refractivity contribution in [1.29, 1.82) is 5.41 Å². The molecule has 0 bridgehead atoms. The van der Waals surface area contributed by atoms with Crippen molar-refractivity contribution >= 4 is 23.6 Å². The second kappa shape index (κ2) is 14.9. The number of hydrogen-bond acceptors (Lipinski definition) is 6. The molecule has 4 N–H and O–H groups in total. The van der Waals surface area contributed by atoms with Crippen LogP contribution in [0.15, 0.2) is 95.1 Å². The fraction of sp³-hybridized carbons (Fsp3) is 0.361. The van der Waals surface area contributed by atoms with E-state index in [0.717, 1.165) is 64.2 Å². The van der Waals surface area contributed by atoms with Crippen molar-refractivity contribution in [3.63, 3.8) is 0 Å². The molecule has 8 heteroatoms. The van der Waals surface area contributed by atoms with Crippen LogP contribution in [0.1, 0.15) is 60.5 Å². The molecule has 2 heterocycles. The summed E-state index contributed by atoms with van der Waals surface area (Å²) in [5, 5.41) is 17.5. The van der Waals surface area contributed by atoms with E-state index in [0.29, 0.717) is 19.7 Å². The van der Waals surface area contributed by atoms with Crippen LogP contribution in [0, 0.1) is 11.3 Å². The van der Waals surface area contributed by atoms with E-state index >= 15 is 0 Å². The molecule has 4 atom stereocenters. The Hall–Kier alpha value is -4.27. The molecule has 230 valence electrons. The molecule has 0 aromatic heterocycles. The summed E-state index contributed by atoms with van der Waals surface area (Å²) in [5.74, 6) is 0.119. The lowest BCUT2D eigenvalue weighted by Crippen LogP contribution is -2.40. The maximum atomic E-state index is 13.6. The summed E-state index contributed by atoms with van der Waals surface area (Å²) in [6.45, 7) is 3.78. The fourth-order valence-corrected chi connectivity index (χ4v) is 6.37. The van der Waals surface area contributed by atoms with Crippen LogP contribution in [0.4, 0.5) is 10.5 Å². The first-order chi connectivity index (χ1) is 21.5. The maximum absolute atomic E-state index is 13.6. The van der Waals surface area contributed by atoms with Gasteiger partial charge in [0.05, 0.1) is 17.9 Å². The Bertz CT molecular complexity index is 1490. The van der Waals surface area contributed by atoms with Crippen LogP contribution in [0.2, 0.25) is 0 Å². The minimum atomic E-state index is -0.237. The third-order valence-electron chi connectivity index (χ3n) is 8.63. The second-order valence-electron chi connectivity index (χ2n) is 11.4. The molecule has 2 aliphatic rings. The Kier molecular flexibility index (Phi) is 10.6. The fourth-order valence-electron chi connectivity index (χ4n) is 6.37. The largest absolute Gasteiger partial charge is 0.388 e. The topological polar surface area (TPSA) is 108 Å². The number of carbonyl (C=O) groups is 1. The molecule has 2 amide bonds. The lowest BCUT2D eigenvalue weighted by molar-refractivity contribution is 0.0172. The minimum Gasteiger partial charge on any atom is -0.388 e. The standard InChI is InChI=1S/C36H43N5O3/c1-24-33(27-14-15-32(38-2)28(20-27)22-37)39-18-16-31(25-10-6-4-7-11-25)34(24)41-36(42)40-23-29-21-30(17-19-43-3)44-35(29)26-12-8-5-9-13-26/h4-15,20,22,29-31,35,37-38H,16-19,21,23H2,1-3H3,(H2,40,41,42)/t29-,30?,31?,35-/m0/s1. The van der Waals surface area contributed by atoms with Crippen LogP contribution >= 0.6 is 0 Å². The number of allylic oxidation sites excluding steroid dienone is 2. The van der Waals surface area contributed by atoms with Crippen LogP contribution < -0.4 is 16.0 Å². The molecule has 2 aliphatic heterocycles. The molecule has 8 nitrogen and oxygen atoms in total. The molecule has 44 heavy (non-hydrogen) atoms. The van der Waals surface area contributed by atoms with E-state index in [4.69, 9.17) is 19.9 Å². The average molecular weight is 594 g/mol. The first-order valence-corrected chi connectivity index (χ1v) is 15.4. The van der Waals surface area contributed by atoms with E-state index in [1.54, 1.807) is 7.11 Å². The molecule has 3 aromatic rings. The van der Waals surface area contributed by atoms with Gasteiger partial charge in [0.1, 0.15) is 0 Å². The molecule has 0 radical (unpaired) electrons. The van der Waals surface area contributed by atoms with E-state index in [2.05, 4.69) is 40.2 Å². The van der Waals surface area contributed by atoms with Crippen LogP contribution in [-0.2, 0) is 9.47 Å². The summed E-state index contributed by atoms with van der Waals surface area (Å²) in [4.78, 5) is 18.6. The predicted octanol–water partition coefficient (Wildman–Crippen LogP) is 6.46. The van der Waals surface area contributed by atoms with Crippen molar-refractivity contribution in [1.82, 2.24) is 10.6 Å². The number of benzene rings is 3. The molecule has 5 rings (SSSR count). The van der Waals surface area contributed by atoms with E-state index < -0.39 is 0 Å². The first kappa shape index (κ1) is 31.2. The van der Waals surface area contributed by atoms with Crippen molar-refractivity contribution < 1.29 is 14.3 Å². The highest BCUT2D eigenvalue weighted by molar-refractivity contribution is 6.14. The minimum absolute atomic E-state index is 0.0210. The smallest absolute Gasteiger partial charge is 0.319 e. The molecule has 0 spiro atoms. The van der Waals surface area contributed by atoms with Gasteiger partial charge in [-0.05, 0) is 55.0 Å². The summed E-state index contributed by atoms with van der Waals surface area (Å²) in [6, 6.07) is 26.3. The van der Waals surface area contributed by atoms with E-state index in [9.17, 15) is 4.79 Å². The van der Waals surface area contributed by atoms with Crippen LogP contribution in [0.5, 0.6) is 0 Å². The van der Waals surface area contributed by atoms with Crippen LogP contribution in [-0.4, -0.2) is 57.9 Å². The van der Waals surface area contributed by atoms with Gasteiger partial charge in [0.2, 0.25) is 0 Å². The van der Waals surface area contributed by atoms with Gasteiger partial charge in [0.15, 0.2) is 0 Å². The number of methoxy groups -OCH3 is 1. The van der Waals surface area contributed by atoms with Gasteiger partial charge in [0.25, 0.3) is 0 Å². The highest BCUT2D eigenvalue weighted by Gasteiger charge is 2.36. The summed E-state index contributed by atoms with van der Waals surface area (Å²) >= 11 is 0. The summed E-state index contributed by atoms with van der Waals surface area (Å²) < 4.78 is 11.8. The van der Waals surface area contributed by atoms with Gasteiger partial charge in [-0.25, -0.2) is 4.79 Å². The van der Waals surface area contributed by atoms with Crippen LogP contribution in [0.3, 0.4) is 0 Å². The zero-order valence-corrected chi connectivity index (χ0v) is 25.8. The number of rotatable bonds is 11. The van der Waals surface area contributed by atoms with Gasteiger partial charge in [-0.15, -0.1) is 0 Å². The highest BCUT2D eigenvalue weighted by atomic mass is 16.5. The van der Waals surface area contributed by atoms with E-state index in [1.807, 2.05) is 68.6 Å². The summed E-state index contributed by atoms with van der Waals surface area (Å²) in [6.07, 6.45) is 3.79.